The van der Waals surface area contributed by atoms with Crippen molar-refractivity contribution in [1.29, 1.82) is 0 Å². The topological polar surface area (TPSA) is 44.2 Å². The molecule has 0 bridgehead atoms. The van der Waals surface area contributed by atoms with E-state index in [4.69, 9.17) is 9.47 Å². The van der Waals surface area contributed by atoms with Crippen molar-refractivity contribution >= 4 is 45.3 Å². The molecule has 2 aromatic carbocycles. The van der Waals surface area contributed by atoms with Crippen molar-refractivity contribution < 1.29 is 9.47 Å². The highest BCUT2D eigenvalue weighted by molar-refractivity contribution is 8.02. The largest absolute Gasteiger partial charge is 0.473 e. The van der Waals surface area contributed by atoms with Gasteiger partial charge in [-0.15, -0.1) is 0 Å². The average molecular weight is 358 g/mol. The minimum absolute atomic E-state index is 0.504. The second-order valence-electron chi connectivity index (χ2n) is 5.44. The number of ether oxygens (including phenoxy) is 2. The summed E-state index contributed by atoms with van der Waals surface area (Å²) in [6.45, 7) is 1.25. The number of nitrogens with zero attached hydrogens (tertiary/aromatic N) is 2. The van der Waals surface area contributed by atoms with Gasteiger partial charge in [0.15, 0.2) is 0 Å². The molecule has 0 N–H and O–H groups in total. The molecule has 2 heterocycles. The van der Waals surface area contributed by atoms with Crippen LogP contribution in [0, 0.1) is 0 Å². The monoisotopic (exact) mass is 358 g/mol. The van der Waals surface area contributed by atoms with Crippen molar-refractivity contribution in [2.75, 3.05) is 36.2 Å². The predicted molar refractivity (Wildman–Crippen MR) is 103 cm³/mol. The predicted octanol–water partition coefficient (Wildman–Crippen LogP) is 4.02. The summed E-state index contributed by atoms with van der Waals surface area (Å²) in [7, 11) is 0. The van der Waals surface area contributed by atoms with Crippen molar-refractivity contribution in [1.82, 2.24) is 9.97 Å². The number of hydrogen-bond donors (Lipinski definition) is 0. The van der Waals surface area contributed by atoms with Crippen LogP contribution < -0.4 is 9.47 Å². The van der Waals surface area contributed by atoms with E-state index in [0.29, 0.717) is 25.0 Å². The van der Waals surface area contributed by atoms with Crippen molar-refractivity contribution in [3.63, 3.8) is 0 Å². The Morgan fingerprint density at radius 3 is 1.71 bits per heavy atom. The van der Waals surface area contributed by atoms with E-state index in [-0.39, 0.29) is 0 Å². The summed E-state index contributed by atoms with van der Waals surface area (Å²) in [6.07, 6.45) is 0. The van der Waals surface area contributed by atoms with Gasteiger partial charge in [-0.2, -0.15) is 23.5 Å². The molecule has 3 aromatic rings. The highest BCUT2D eigenvalue weighted by atomic mass is 32.2. The van der Waals surface area contributed by atoms with Crippen LogP contribution in [0.2, 0.25) is 0 Å². The Bertz CT molecular complexity index is 787. The first-order chi connectivity index (χ1) is 11.9. The molecule has 124 valence electrons. The number of fused-ring (bicyclic) bond motifs is 3. The fraction of sp³-hybridized carbons (Fsp3) is 0.333. The lowest BCUT2D eigenvalue weighted by atomic mass is 10.1. The molecular weight excluding hydrogens is 340 g/mol. The van der Waals surface area contributed by atoms with Crippen LogP contribution in [0.15, 0.2) is 36.4 Å². The zero-order chi connectivity index (χ0) is 16.2. The van der Waals surface area contributed by atoms with Crippen molar-refractivity contribution in [3.8, 4) is 11.8 Å². The van der Waals surface area contributed by atoms with Gasteiger partial charge in [-0.1, -0.05) is 24.3 Å². The molecule has 6 heteroatoms. The van der Waals surface area contributed by atoms with E-state index in [2.05, 4.69) is 34.2 Å². The van der Waals surface area contributed by atoms with Crippen molar-refractivity contribution in [2.45, 2.75) is 0 Å². The minimum atomic E-state index is 0.504. The van der Waals surface area contributed by atoms with E-state index in [1.807, 2.05) is 35.7 Å². The molecule has 4 rings (SSSR count). The zero-order valence-electron chi connectivity index (χ0n) is 13.2. The van der Waals surface area contributed by atoms with Gasteiger partial charge in [-0.25, -0.2) is 9.97 Å². The van der Waals surface area contributed by atoms with E-state index in [1.54, 1.807) is 0 Å². The summed E-state index contributed by atoms with van der Waals surface area (Å²) in [4.78, 5) is 9.34. The molecule has 0 radical (unpaired) electrons. The van der Waals surface area contributed by atoms with Gasteiger partial charge in [0.05, 0.1) is 24.2 Å². The first-order valence-corrected chi connectivity index (χ1v) is 10.3. The van der Waals surface area contributed by atoms with E-state index in [0.717, 1.165) is 44.8 Å². The van der Waals surface area contributed by atoms with Gasteiger partial charge in [0.2, 0.25) is 0 Å². The van der Waals surface area contributed by atoms with Crippen LogP contribution in [-0.2, 0) is 0 Å². The zero-order valence-corrected chi connectivity index (χ0v) is 14.9. The van der Waals surface area contributed by atoms with Crippen LogP contribution in [-0.4, -0.2) is 46.2 Å². The van der Waals surface area contributed by atoms with E-state index < -0.39 is 0 Å². The van der Waals surface area contributed by atoms with Crippen LogP contribution in [0.25, 0.3) is 21.8 Å². The molecule has 4 nitrogen and oxygen atoms in total. The first kappa shape index (κ1) is 15.8. The summed E-state index contributed by atoms with van der Waals surface area (Å²) < 4.78 is 11.7. The first-order valence-electron chi connectivity index (χ1n) is 8.02. The highest BCUT2D eigenvalue weighted by Crippen LogP contribution is 2.29. The maximum Gasteiger partial charge on any atom is 0.278 e. The molecule has 0 fully saturated rings. The Labute approximate surface area is 149 Å². The van der Waals surface area contributed by atoms with Gasteiger partial charge in [0.1, 0.15) is 0 Å². The van der Waals surface area contributed by atoms with Gasteiger partial charge in [0.25, 0.3) is 11.8 Å². The van der Waals surface area contributed by atoms with Gasteiger partial charge in [-0.05, 0) is 22.9 Å². The summed E-state index contributed by atoms with van der Waals surface area (Å²) in [5.74, 6) is 5.22. The third-order valence-corrected chi connectivity index (χ3v) is 5.93. The lowest BCUT2D eigenvalue weighted by Gasteiger charge is -2.13. The van der Waals surface area contributed by atoms with Crippen molar-refractivity contribution in [2.24, 2.45) is 0 Å². The van der Waals surface area contributed by atoms with E-state index >= 15 is 0 Å². The fourth-order valence-electron chi connectivity index (χ4n) is 2.61. The Hall–Kier alpha value is -1.66. The Morgan fingerprint density at radius 2 is 1.21 bits per heavy atom. The molecule has 0 unspecified atom stereocenters. The quantitative estimate of drug-likeness (QED) is 0.566. The SMILES string of the molecule is c1ccc2cc3nc4c(nc3cc2c1)OCCSCCSCCO4. The molecule has 24 heavy (non-hydrogen) atoms. The third-order valence-electron chi connectivity index (χ3n) is 3.77. The average Bonchev–Trinajstić information content (AvgIpc) is 2.60. The molecule has 0 spiro atoms. The molecule has 0 atom stereocenters. The number of hydrogen-bond acceptors (Lipinski definition) is 6. The van der Waals surface area contributed by atoms with Gasteiger partial charge in [0, 0.05) is 23.0 Å². The smallest absolute Gasteiger partial charge is 0.278 e. The molecule has 1 aliphatic heterocycles. The molecule has 0 saturated heterocycles. The fourth-order valence-corrected chi connectivity index (χ4v) is 4.37. The van der Waals surface area contributed by atoms with E-state index in [9.17, 15) is 0 Å². The molecule has 1 aromatic heterocycles. The normalized spacial score (nSPS) is 16.5. The number of aromatic nitrogens is 2. The summed E-state index contributed by atoms with van der Waals surface area (Å²) >= 11 is 3.83. The Kier molecular flexibility index (Phi) is 4.94. The number of thioether (sulfide) groups is 2. The lowest BCUT2D eigenvalue weighted by molar-refractivity contribution is 0.274. The summed E-state index contributed by atoms with van der Waals surface area (Å²) in [5, 5.41) is 2.31. The summed E-state index contributed by atoms with van der Waals surface area (Å²) in [5.41, 5.74) is 1.68. The standard InChI is InChI=1S/C18H18N2O2S2/c1-2-4-14-12-16-15(11-13(14)3-1)19-17-18(20-16)22-6-8-24-10-9-23-7-5-21-17/h1-4,11-12H,5-10H2. The molecule has 0 aliphatic carbocycles. The van der Waals surface area contributed by atoms with Crippen LogP contribution in [0.4, 0.5) is 0 Å². The second-order valence-corrected chi connectivity index (χ2v) is 7.89. The maximum atomic E-state index is 5.85. The van der Waals surface area contributed by atoms with Crippen molar-refractivity contribution in [3.05, 3.63) is 36.4 Å². The summed E-state index contributed by atoms with van der Waals surface area (Å²) in [6, 6.07) is 12.3. The Balaban J connectivity index is 1.74. The van der Waals surface area contributed by atoms with Crippen LogP contribution in [0.3, 0.4) is 0 Å². The van der Waals surface area contributed by atoms with E-state index in [1.165, 1.54) is 0 Å². The number of benzene rings is 2. The number of rotatable bonds is 0. The van der Waals surface area contributed by atoms with Gasteiger partial charge >= 0.3 is 0 Å². The molecule has 0 saturated carbocycles. The maximum absolute atomic E-state index is 5.85. The van der Waals surface area contributed by atoms with Gasteiger partial charge in [-0.3, -0.25) is 0 Å². The Morgan fingerprint density at radius 1 is 0.708 bits per heavy atom. The van der Waals surface area contributed by atoms with Gasteiger partial charge < -0.3 is 9.47 Å². The van der Waals surface area contributed by atoms with Crippen LogP contribution in [0.5, 0.6) is 11.8 Å². The van der Waals surface area contributed by atoms with Crippen LogP contribution in [0.1, 0.15) is 0 Å². The third kappa shape index (κ3) is 3.54. The second kappa shape index (κ2) is 7.49. The minimum Gasteiger partial charge on any atom is -0.473 e. The molecular formula is C18H18N2O2S2. The van der Waals surface area contributed by atoms with Crippen LogP contribution >= 0.6 is 23.5 Å². The molecule has 1 aliphatic rings. The lowest BCUT2D eigenvalue weighted by Crippen LogP contribution is -2.10. The molecule has 0 amide bonds. The highest BCUT2D eigenvalue weighted by Gasteiger charge is 2.13.